The van der Waals surface area contributed by atoms with Gasteiger partial charge in [-0.15, -0.1) is 0 Å². The minimum Gasteiger partial charge on any atom is -0.459 e. The van der Waals surface area contributed by atoms with Gasteiger partial charge in [-0.25, -0.2) is 0 Å². The summed E-state index contributed by atoms with van der Waals surface area (Å²) in [6.45, 7) is 4.49. The summed E-state index contributed by atoms with van der Waals surface area (Å²) >= 11 is 0. The lowest BCUT2D eigenvalue weighted by Crippen LogP contribution is -2.46. The Bertz CT molecular complexity index is 779. The van der Waals surface area contributed by atoms with Crippen LogP contribution in [0.25, 0.3) is 0 Å². The summed E-state index contributed by atoms with van der Waals surface area (Å²) in [5, 5.41) is 3.01. The van der Waals surface area contributed by atoms with Crippen LogP contribution < -0.4 is 5.32 Å². The number of amides is 2. The summed E-state index contributed by atoms with van der Waals surface area (Å²) in [7, 11) is 0. The number of hydrogen-bond donors (Lipinski definition) is 1. The number of likely N-dealkylation sites (tertiary alicyclic amines) is 1. The van der Waals surface area contributed by atoms with E-state index >= 15 is 0 Å². The van der Waals surface area contributed by atoms with Crippen LogP contribution in [0.15, 0.2) is 47.1 Å². The van der Waals surface area contributed by atoms with Gasteiger partial charge in [-0.3, -0.25) is 9.59 Å². The molecule has 3 rings (SSSR count). The van der Waals surface area contributed by atoms with Gasteiger partial charge in [-0.2, -0.15) is 0 Å². The average molecular weight is 399 g/mol. The van der Waals surface area contributed by atoms with Crippen molar-refractivity contribution in [1.29, 1.82) is 0 Å². The SMILES string of the molecule is Cc1ccoc1C(=O)NC1CCN(C(=O)CCCOCCc2ccccc2)CC1. The predicted octanol–water partition coefficient (Wildman–Crippen LogP) is 3.35. The van der Waals surface area contributed by atoms with Gasteiger partial charge in [0.1, 0.15) is 0 Å². The van der Waals surface area contributed by atoms with Crippen LogP contribution in [0.4, 0.5) is 0 Å². The van der Waals surface area contributed by atoms with Crippen molar-refractivity contribution in [2.24, 2.45) is 0 Å². The van der Waals surface area contributed by atoms with Crippen molar-refractivity contribution in [2.75, 3.05) is 26.3 Å². The Kier molecular flexibility index (Phi) is 7.87. The molecule has 1 aromatic heterocycles. The van der Waals surface area contributed by atoms with Crippen LogP contribution in [0.2, 0.25) is 0 Å². The molecular weight excluding hydrogens is 368 g/mol. The maximum atomic E-state index is 12.4. The minimum atomic E-state index is -0.176. The molecule has 0 unspecified atom stereocenters. The number of nitrogens with one attached hydrogen (secondary N) is 1. The first-order valence-electron chi connectivity index (χ1n) is 10.4. The van der Waals surface area contributed by atoms with E-state index in [1.807, 2.05) is 30.0 Å². The Morgan fingerprint density at radius 2 is 1.90 bits per heavy atom. The molecule has 0 bridgehead atoms. The van der Waals surface area contributed by atoms with E-state index < -0.39 is 0 Å². The third kappa shape index (κ3) is 6.46. The van der Waals surface area contributed by atoms with Crippen molar-refractivity contribution in [3.8, 4) is 0 Å². The lowest BCUT2D eigenvalue weighted by Gasteiger charge is -2.32. The van der Waals surface area contributed by atoms with Gasteiger partial charge in [0.15, 0.2) is 5.76 Å². The standard InChI is InChI=1S/C23H30N2O4/c1-18-11-17-29-22(18)23(27)24-20-9-13-25(14-10-20)21(26)8-5-15-28-16-12-19-6-3-2-4-7-19/h2-4,6-7,11,17,20H,5,8-10,12-16H2,1H3,(H,24,27). The fraction of sp³-hybridized carbons (Fsp3) is 0.478. The zero-order chi connectivity index (χ0) is 20.5. The molecule has 0 spiro atoms. The maximum Gasteiger partial charge on any atom is 0.287 e. The summed E-state index contributed by atoms with van der Waals surface area (Å²) < 4.78 is 10.9. The first kappa shape index (κ1) is 21.1. The summed E-state index contributed by atoms with van der Waals surface area (Å²) in [4.78, 5) is 26.5. The second-order valence-corrected chi connectivity index (χ2v) is 7.51. The zero-order valence-electron chi connectivity index (χ0n) is 17.1. The van der Waals surface area contributed by atoms with Gasteiger partial charge < -0.3 is 19.4 Å². The zero-order valence-corrected chi connectivity index (χ0v) is 17.1. The van der Waals surface area contributed by atoms with Gasteiger partial charge in [0.25, 0.3) is 5.91 Å². The van der Waals surface area contributed by atoms with E-state index in [0.29, 0.717) is 38.5 Å². The summed E-state index contributed by atoms with van der Waals surface area (Å²) in [5.74, 6) is 0.365. The first-order valence-corrected chi connectivity index (χ1v) is 10.4. The van der Waals surface area contributed by atoms with Crippen LogP contribution in [-0.2, 0) is 16.0 Å². The highest BCUT2D eigenvalue weighted by atomic mass is 16.5. The van der Waals surface area contributed by atoms with E-state index in [1.165, 1.54) is 11.8 Å². The molecule has 0 aliphatic carbocycles. The van der Waals surface area contributed by atoms with E-state index in [2.05, 4.69) is 17.4 Å². The molecule has 0 saturated carbocycles. The molecule has 156 valence electrons. The maximum absolute atomic E-state index is 12.4. The second-order valence-electron chi connectivity index (χ2n) is 7.51. The third-order valence-corrected chi connectivity index (χ3v) is 5.31. The second kappa shape index (κ2) is 10.8. The molecule has 2 heterocycles. The van der Waals surface area contributed by atoms with Crippen LogP contribution in [0.1, 0.15) is 47.4 Å². The molecule has 0 atom stereocenters. The van der Waals surface area contributed by atoms with E-state index in [9.17, 15) is 9.59 Å². The van der Waals surface area contributed by atoms with Crippen LogP contribution in [0.3, 0.4) is 0 Å². The van der Waals surface area contributed by atoms with Gasteiger partial charge in [0.2, 0.25) is 5.91 Å². The molecule has 6 heteroatoms. The molecule has 6 nitrogen and oxygen atoms in total. The molecule has 1 fully saturated rings. The van der Waals surface area contributed by atoms with E-state index in [1.54, 1.807) is 6.07 Å². The topological polar surface area (TPSA) is 71.8 Å². The minimum absolute atomic E-state index is 0.0809. The smallest absolute Gasteiger partial charge is 0.287 e. The summed E-state index contributed by atoms with van der Waals surface area (Å²) in [6.07, 6.45) is 5.20. The largest absolute Gasteiger partial charge is 0.459 e. The number of piperidine rings is 1. The van der Waals surface area contributed by atoms with E-state index in [4.69, 9.17) is 9.15 Å². The van der Waals surface area contributed by atoms with E-state index in [0.717, 1.165) is 31.2 Å². The number of carbonyl (C=O) groups excluding carboxylic acids is 2. The number of ether oxygens (including phenoxy) is 1. The van der Waals surface area contributed by atoms with Gasteiger partial charge in [-0.05, 0) is 44.2 Å². The third-order valence-electron chi connectivity index (χ3n) is 5.31. The summed E-state index contributed by atoms with van der Waals surface area (Å²) in [5.41, 5.74) is 2.10. The highest BCUT2D eigenvalue weighted by Gasteiger charge is 2.25. The number of benzene rings is 1. The molecule has 1 aromatic carbocycles. The van der Waals surface area contributed by atoms with Gasteiger partial charge in [-0.1, -0.05) is 30.3 Å². The quantitative estimate of drug-likeness (QED) is 0.658. The molecule has 2 aromatic rings. The van der Waals surface area contributed by atoms with E-state index in [-0.39, 0.29) is 17.9 Å². The Labute approximate surface area is 172 Å². The van der Waals surface area contributed by atoms with Crippen LogP contribution in [0.5, 0.6) is 0 Å². The van der Waals surface area contributed by atoms with Crippen LogP contribution >= 0.6 is 0 Å². The molecule has 2 amide bonds. The molecular formula is C23H30N2O4. The van der Waals surface area contributed by atoms with Crippen molar-refractivity contribution in [3.63, 3.8) is 0 Å². The summed E-state index contributed by atoms with van der Waals surface area (Å²) in [6, 6.07) is 12.1. The number of aryl methyl sites for hydroxylation is 1. The molecule has 1 saturated heterocycles. The molecule has 1 aliphatic heterocycles. The van der Waals surface area contributed by atoms with Crippen molar-refractivity contribution >= 4 is 11.8 Å². The van der Waals surface area contributed by atoms with Crippen molar-refractivity contribution < 1.29 is 18.7 Å². The Morgan fingerprint density at radius 3 is 2.59 bits per heavy atom. The Morgan fingerprint density at radius 1 is 1.14 bits per heavy atom. The highest BCUT2D eigenvalue weighted by Crippen LogP contribution is 2.14. The number of nitrogens with zero attached hydrogens (tertiary/aromatic N) is 1. The Hall–Kier alpha value is -2.60. The molecule has 29 heavy (non-hydrogen) atoms. The normalized spacial score (nSPS) is 14.7. The monoisotopic (exact) mass is 398 g/mol. The number of carbonyl (C=O) groups is 2. The fourth-order valence-corrected chi connectivity index (χ4v) is 3.55. The molecule has 1 N–H and O–H groups in total. The Balaban J connectivity index is 1.27. The van der Waals surface area contributed by atoms with Crippen molar-refractivity contribution in [2.45, 2.75) is 45.1 Å². The van der Waals surface area contributed by atoms with Gasteiger partial charge >= 0.3 is 0 Å². The predicted molar refractivity (Wildman–Crippen MR) is 111 cm³/mol. The first-order chi connectivity index (χ1) is 14.1. The average Bonchev–Trinajstić information content (AvgIpc) is 3.18. The number of furan rings is 1. The van der Waals surface area contributed by atoms with Gasteiger partial charge in [0.05, 0.1) is 12.9 Å². The number of hydrogen-bond acceptors (Lipinski definition) is 4. The lowest BCUT2D eigenvalue weighted by atomic mass is 10.0. The molecule has 0 radical (unpaired) electrons. The number of rotatable bonds is 9. The fourth-order valence-electron chi connectivity index (χ4n) is 3.55. The van der Waals surface area contributed by atoms with Crippen LogP contribution in [-0.4, -0.2) is 49.1 Å². The lowest BCUT2D eigenvalue weighted by molar-refractivity contribution is -0.132. The van der Waals surface area contributed by atoms with Crippen molar-refractivity contribution in [1.82, 2.24) is 10.2 Å². The van der Waals surface area contributed by atoms with Crippen LogP contribution in [0, 0.1) is 6.92 Å². The van der Waals surface area contributed by atoms with Gasteiger partial charge in [0, 0.05) is 37.7 Å². The van der Waals surface area contributed by atoms with Crippen molar-refractivity contribution in [3.05, 3.63) is 59.5 Å². The molecule has 1 aliphatic rings. The highest BCUT2D eigenvalue weighted by molar-refractivity contribution is 5.93.